The number of halogens is 3. The van der Waals surface area contributed by atoms with E-state index in [0.717, 1.165) is 78.6 Å². The normalized spacial score (nSPS) is 22.3. The summed E-state index contributed by atoms with van der Waals surface area (Å²) in [5.74, 6) is 0.0206. The summed E-state index contributed by atoms with van der Waals surface area (Å²) in [4.78, 5) is 28.8. The van der Waals surface area contributed by atoms with Gasteiger partial charge in [-0.3, -0.25) is 4.68 Å². The number of aromatic nitrogens is 5. The molecule has 4 aliphatic rings. The van der Waals surface area contributed by atoms with E-state index in [0.29, 0.717) is 6.04 Å². The Balaban J connectivity index is 0.000000387. The van der Waals surface area contributed by atoms with Crippen molar-refractivity contribution >= 4 is 29.4 Å². The maximum atomic E-state index is 10.6. The molecule has 3 aromatic heterocycles. The number of aliphatic carboxylic acids is 1. The highest BCUT2D eigenvalue weighted by molar-refractivity contribution is 7.99. The molecule has 15 heteroatoms. The highest BCUT2D eigenvalue weighted by atomic mass is 32.2. The van der Waals surface area contributed by atoms with Crippen molar-refractivity contribution in [3.05, 3.63) is 42.6 Å². The highest BCUT2D eigenvalue weighted by Gasteiger charge is 2.47. The topological polar surface area (TPSA) is 136 Å². The molecular formula is C26H29F3N8O3S. The molecule has 2 atom stereocenters. The van der Waals surface area contributed by atoms with E-state index >= 15 is 0 Å². The summed E-state index contributed by atoms with van der Waals surface area (Å²) in [6, 6.07) is 4.59. The van der Waals surface area contributed by atoms with Crippen molar-refractivity contribution < 1.29 is 27.8 Å². The standard InChI is InChI=1S/C24H28N8OS.C2HF3O2/c25-22-17-3-8-29-32(17)15-24(22)5-10-30(11-6-24)19-12-28-20(13-27-19)34-18-4-7-26-23-21(18)33-14-16-2-1-9-31(16)23;3-2(4,5)1(6)7/h3-4,7-8,12-13,16,22H,1-2,5-6,9-11,14-15,25H2;(H,6,7)/t16-,22+;/m0./s1. The van der Waals surface area contributed by atoms with E-state index < -0.39 is 12.1 Å². The van der Waals surface area contributed by atoms with E-state index in [1.807, 2.05) is 30.9 Å². The smallest absolute Gasteiger partial charge is 0.486 e. The van der Waals surface area contributed by atoms with Crippen LogP contribution in [0.15, 0.2) is 46.8 Å². The number of nitrogens with two attached hydrogens (primary N) is 1. The van der Waals surface area contributed by atoms with E-state index in [9.17, 15) is 13.2 Å². The van der Waals surface area contributed by atoms with E-state index in [1.54, 1.807) is 11.8 Å². The molecule has 7 heterocycles. The third kappa shape index (κ3) is 5.27. The molecular weight excluding hydrogens is 561 g/mol. The summed E-state index contributed by atoms with van der Waals surface area (Å²) in [5.41, 5.74) is 7.90. The van der Waals surface area contributed by atoms with E-state index in [4.69, 9.17) is 30.3 Å². The Bertz CT molecular complexity index is 1410. The Hall–Kier alpha value is -3.59. The van der Waals surface area contributed by atoms with Crippen LogP contribution in [0.5, 0.6) is 5.75 Å². The lowest BCUT2D eigenvalue weighted by molar-refractivity contribution is -0.192. The monoisotopic (exact) mass is 590 g/mol. The number of fused-ring (bicyclic) bond motifs is 4. The molecule has 218 valence electrons. The van der Waals surface area contributed by atoms with Crippen LogP contribution in [0.25, 0.3) is 0 Å². The summed E-state index contributed by atoms with van der Waals surface area (Å²) >= 11 is 1.59. The van der Waals surface area contributed by atoms with Crippen molar-refractivity contribution in [2.24, 2.45) is 11.1 Å². The molecule has 7 rings (SSSR count). The van der Waals surface area contributed by atoms with Crippen LogP contribution in [0.4, 0.5) is 24.8 Å². The van der Waals surface area contributed by atoms with Gasteiger partial charge in [0.05, 0.1) is 35.1 Å². The minimum atomic E-state index is -5.08. The number of carboxylic acids is 1. The van der Waals surface area contributed by atoms with Gasteiger partial charge >= 0.3 is 12.1 Å². The molecule has 0 unspecified atom stereocenters. The molecule has 3 N–H and O–H groups in total. The zero-order valence-corrected chi connectivity index (χ0v) is 22.8. The molecule has 0 aromatic carbocycles. The summed E-state index contributed by atoms with van der Waals surface area (Å²) in [6.45, 7) is 4.58. The van der Waals surface area contributed by atoms with Crippen LogP contribution in [0, 0.1) is 5.41 Å². The molecule has 0 amide bonds. The fourth-order valence-corrected chi connectivity index (χ4v) is 6.85. The zero-order valence-electron chi connectivity index (χ0n) is 22.0. The number of rotatable bonds is 3. The van der Waals surface area contributed by atoms with Crippen LogP contribution in [0.1, 0.15) is 37.4 Å². The number of carboxylic acid groups (broad SMARTS) is 1. The van der Waals surface area contributed by atoms with Crippen molar-refractivity contribution in [1.82, 2.24) is 24.7 Å². The molecule has 4 aliphatic heterocycles. The molecule has 0 aliphatic carbocycles. The van der Waals surface area contributed by atoms with Crippen LogP contribution in [-0.4, -0.2) is 74.3 Å². The van der Waals surface area contributed by atoms with E-state index in [-0.39, 0.29) is 11.5 Å². The van der Waals surface area contributed by atoms with Gasteiger partial charge < -0.3 is 25.4 Å². The second-order valence-corrected chi connectivity index (χ2v) is 11.7. The molecule has 2 saturated heterocycles. The van der Waals surface area contributed by atoms with Crippen LogP contribution in [0.3, 0.4) is 0 Å². The first-order chi connectivity index (χ1) is 19.6. The molecule has 3 aromatic rings. The third-order valence-electron chi connectivity index (χ3n) is 8.27. The van der Waals surface area contributed by atoms with Gasteiger partial charge in [0, 0.05) is 44.0 Å². The third-order valence-corrected chi connectivity index (χ3v) is 9.23. The number of nitrogens with zero attached hydrogens (tertiary/aromatic N) is 7. The number of carbonyl (C=O) groups is 1. The van der Waals surface area contributed by atoms with Gasteiger partial charge in [0.15, 0.2) is 11.6 Å². The number of hydrogen-bond donors (Lipinski definition) is 2. The van der Waals surface area contributed by atoms with Gasteiger partial charge in [-0.25, -0.2) is 19.7 Å². The Morgan fingerprint density at radius 3 is 2.59 bits per heavy atom. The number of piperidine rings is 1. The summed E-state index contributed by atoms with van der Waals surface area (Å²) in [5, 5.41) is 12.4. The average Bonchev–Trinajstić information content (AvgIpc) is 3.68. The largest absolute Gasteiger partial charge is 0.490 e. The number of ether oxygens (including phenoxy) is 1. The molecule has 2 fully saturated rings. The first-order valence-corrected chi connectivity index (χ1v) is 14.2. The summed E-state index contributed by atoms with van der Waals surface area (Å²) < 4.78 is 40.0. The Morgan fingerprint density at radius 1 is 1.12 bits per heavy atom. The van der Waals surface area contributed by atoms with Gasteiger partial charge in [-0.1, -0.05) is 11.8 Å². The molecule has 41 heavy (non-hydrogen) atoms. The van der Waals surface area contributed by atoms with Gasteiger partial charge in [0.25, 0.3) is 0 Å². The van der Waals surface area contributed by atoms with Crippen LogP contribution in [0.2, 0.25) is 0 Å². The predicted octanol–water partition coefficient (Wildman–Crippen LogP) is 3.51. The Labute approximate surface area is 237 Å². The van der Waals surface area contributed by atoms with Gasteiger partial charge in [0.2, 0.25) is 0 Å². The van der Waals surface area contributed by atoms with Gasteiger partial charge in [-0.15, -0.1) is 0 Å². The molecule has 0 saturated carbocycles. The van der Waals surface area contributed by atoms with Crippen LogP contribution >= 0.6 is 11.8 Å². The van der Waals surface area contributed by atoms with Crippen molar-refractivity contribution in [3.63, 3.8) is 0 Å². The fourth-order valence-electron chi connectivity index (χ4n) is 6.05. The summed E-state index contributed by atoms with van der Waals surface area (Å²) in [6.07, 6.45) is 6.85. The van der Waals surface area contributed by atoms with Crippen LogP contribution < -0.4 is 20.3 Å². The zero-order chi connectivity index (χ0) is 28.8. The average molecular weight is 591 g/mol. The molecule has 0 radical (unpaired) electrons. The lowest BCUT2D eigenvalue weighted by Gasteiger charge is -2.41. The predicted molar refractivity (Wildman–Crippen MR) is 143 cm³/mol. The Morgan fingerprint density at radius 2 is 1.90 bits per heavy atom. The minimum Gasteiger partial charge on any atom is -0.486 e. The fraction of sp³-hybridized carbons (Fsp3) is 0.500. The lowest BCUT2D eigenvalue weighted by Crippen LogP contribution is -2.45. The minimum absolute atomic E-state index is 0.0614. The molecule has 0 bridgehead atoms. The second-order valence-electron chi connectivity index (χ2n) is 10.6. The van der Waals surface area contributed by atoms with Crippen molar-refractivity contribution in [2.75, 3.05) is 36.0 Å². The maximum Gasteiger partial charge on any atom is 0.490 e. The first kappa shape index (κ1) is 27.6. The number of pyridine rings is 1. The quantitative estimate of drug-likeness (QED) is 0.464. The van der Waals surface area contributed by atoms with Crippen molar-refractivity contribution in [1.29, 1.82) is 0 Å². The van der Waals surface area contributed by atoms with Gasteiger partial charge in [-0.05, 0) is 37.8 Å². The second kappa shape index (κ2) is 10.7. The summed E-state index contributed by atoms with van der Waals surface area (Å²) in [7, 11) is 0. The van der Waals surface area contributed by atoms with E-state index in [2.05, 4.69) is 30.6 Å². The Kier molecular flexibility index (Phi) is 7.18. The number of hydrogen-bond acceptors (Lipinski definition) is 10. The molecule has 11 nitrogen and oxygen atoms in total. The van der Waals surface area contributed by atoms with Gasteiger partial charge in [0.1, 0.15) is 17.5 Å². The number of alkyl halides is 3. The lowest BCUT2D eigenvalue weighted by atomic mass is 9.73. The van der Waals surface area contributed by atoms with Gasteiger partial charge in [-0.2, -0.15) is 18.3 Å². The van der Waals surface area contributed by atoms with Crippen LogP contribution in [-0.2, 0) is 11.3 Å². The highest BCUT2D eigenvalue weighted by Crippen LogP contribution is 2.48. The van der Waals surface area contributed by atoms with Crippen molar-refractivity contribution in [2.45, 2.75) is 60.4 Å². The van der Waals surface area contributed by atoms with E-state index in [1.165, 1.54) is 12.8 Å². The number of anilines is 2. The maximum absolute atomic E-state index is 10.6. The molecule has 1 spiro atoms. The SMILES string of the molecule is N[C@@H]1c2ccnn2CC12CCN(c1cnc(Sc3ccnc4c3OC[C@@H]3CCCN43)cn1)CC2.O=C(O)C(F)(F)F. The van der Waals surface area contributed by atoms with Crippen molar-refractivity contribution in [3.8, 4) is 5.75 Å². The first-order valence-electron chi connectivity index (χ1n) is 13.4.